The van der Waals surface area contributed by atoms with Crippen LogP contribution >= 0.6 is 0 Å². The summed E-state index contributed by atoms with van der Waals surface area (Å²) in [5, 5.41) is 5.21. The summed E-state index contributed by atoms with van der Waals surface area (Å²) in [6.07, 6.45) is 3.19. The highest BCUT2D eigenvalue weighted by Gasteiger charge is 2.22. The van der Waals surface area contributed by atoms with Crippen molar-refractivity contribution in [3.05, 3.63) is 77.6 Å². The maximum Gasteiger partial charge on any atom is 0.131 e. The maximum atomic E-state index is 14.1. The fourth-order valence-corrected chi connectivity index (χ4v) is 4.30. The molecule has 0 bridgehead atoms. The summed E-state index contributed by atoms with van der Waals surface area (Å²) in [5.74, 6) is 0.643. The van der Waals surface area contributed by atoms with Gasteiger partial charge in [-0.25, -0.2) is 4.39 Å². The Hall–Kier alpha value is -2.39. The van der Waals surface area contributed by atoms with E-state index >= 15 is 0 Å². The van der Waals surface area contributed by atoms with Crippen molar-refractivity contribution in [2.75, 3.05) is 11.9 Å². The Morgan fingerprint density at radius 2 is 1.78 bits per heavy atom. The lowest BCUT2D eigenvalue weighted by atomic mass is 9.84. The van der Waals surface area contributed by atoms with Crippen molar-refractivity contribution in [3.8, 4) is 0 Å². The Morgan fingerprint density at radius 1 is 1.04 bits per heavy atom. The molecule has 1 aliphatic heterocycles. The second kappa shape index (κ2) is 7.69. The predicted molar refractivity (Wildman–Crippen MR) is 112 cm³/mol. The first-order chi connectivity index (χ1) is 13.1. The number of benzene rings is 3. The van der Waals surface area contributed by atoms with Crippen LogP contribution in [0.15, 0.2) is 60.7 Å². The zero-order chi connectivity index (χ0) is 18.8. The summed E-state index contributed by atoms with van der Waals surface area (Å²) in [6, 6.07) is 19.8. The van der Waals surface area contributed by atoms with E-state index in [1.165, 1.54) is 11.3 Å². The normalized spacial score (nSPS) is 18.6. The zero-order valence-electron chi connectivity index (χ0n) is 15.8. The molecule has 0 spiro atoms. The number of hydrogen-bond acceptors (Lipinski definition) is 2. The molecule has 0 radical (unpaired) electrons. The summed E-state index contributed by atoms with van der Waals surface area (Å²) in [4.78, 5) is 0. The van der Waals surface area contributed by atoms with Crippen molar-refractivity contribution in [1.29, 1.82) is 0 Å². The standard InChI is InChI=1S/C24H27FN2/c1-16(19-11-12-22(25)21-8-4-3-7-20(19)21)23(26)13-10-17-14-18-6-2-5-9-24(18)27-15-17/h2-9,11-12,16-17,23,27H,10,13-15,26H2,1H3/t16-,17?,23?/m1/s1. The van der Waals surface area contributed by atoms with Crippen LogP contribution in [-0.2, 0) is 6.42 Å². The Morgan fingerprint density at radius 3 is 2.63 bits per heavy atom. The van der Waals surface area contributed by atoms with Crippen LogP contribution in [0.3, 0.4) is 0 Å². The van der Waals surface area contributed by atoms with Gasteiger partial charge in [0.15, 0.2) is 0 Å². The molecule has 0 aromatic heterocycles. The smallest absolute Gasteiger partial charge is 0.131 e. The van der Waals surface area contributed by atoms with Crippen molar-refractivity contribution in [2.24, 2.45) is 11.7 Å². The zero-order valence-corrected chi connectivity index (χ0v) is 15.8. The van der Waals surface area contributed by atoms with Crippen LogP contribution < -0.4 is 11.1 Å². The van der Waals surface area contributed by atoms with Gasteiger partial charge >= 0.3 is 0 Å². The van der Waals surface area contributed by atoms with E-state index in [0.29, 0.717) is 11.3 Å². The van der Waals surface area contributed by atoms with Gasteiger partial charge in [0.25, 0.3) is 0 Å². The van der Waals surface area contributed by atoms with Gasteiger partial charge in [-0.2, -0.15) is 0 Å². The minimum Gasteiger partial charge on any atom is -0.385 e. The second-order valence-electron chi connectivity index (χ2n) is 7.82. The summed E-state index contributed by atoms with van der Waals surface area (Å²) in [6.45, 7) is 3.18. The van der Waals surface area contributed by atoms with E-state index in [9.17, 15) is 4.39 Å². The lowest BCUT2D eigenvalue weighted by Crippen LogP contribution is -2.30. The van der Waals surface area contributed by atoms with E-state index < -0.39 is 0 Å². The van der Waals surface area contributed by atoms with Crippen LogP contribution in [0.5, 0.6) is 0 Å². The van der Waals surface area contributed by atoms with Gasteiger partial charge in [0.1, 0.15) is 5.82 Å². The number of nitrogens with one attached hydrogen (secondary N) is 1. The number of nitrogens with two attached hydrogens (primary N) is 1. The molecule has 0 saturated carbocycles. The Kier molecular flexibility index (Phi) is 5.13. The molecular weight excluding hydrogens is 335 g/mol. The molecule has 27 heavy (non-hydrogen) atoms. The van der Waals surface area contributed by atoms with E-state index in [0.717, 1.165) is 36.8 Å². The topological polar surface area (TPSA) is 38.0 Å². The largest absolute Gasteiger partial charge is 0.385 e. The lowest BCUT2D eigenvalue weighted by molar-refractivity contribution is 0.422. The second-order valence-corrected chi connectivity index (χ2v) is 7.82. The molecule has 0 saturated heterocycles. The molecule has 0 amide bonds. The third-order valence-electron chi connectivity index (χ3n) is 6.05. The van der Waals surface area contributed by atoms with E-state index in [1.54, 1.807) is 6.07 Å². The van der Waals surface area contributed by atoms with Crippen molar-refractivity contribution >= 4 is 16.5 Å². The first-order valence-electron chi connectivity index (χ1n) is 9.88. The van der Waals surface area contributed by atoms with E-state index in [4.69, 9.17) is 5.73 Å². The van der Waals surface area contributed by atoms with Gasteiger partial charge in [0.2, 0.25) is 0 Å². The van der Waals surface area contributed by atoms with Gasteiger partial charge in [-0.05, 0) is 59.7 Å². The fourth-order valence-electron chi connectivity index (χ4n) is 4.30. The fraction of sp³-hybridized carbons (Fsp3) is 0.333. The average molecular weight is 362 g/mol. The highest BCUT2D eigenvalue weighted by atomic mass is 19.1. The summed E-state index contributed by atoms with van der Waals surface area (Å²) in [5.41, 5.74) is 10.4. The first kappa shape index (κ1) is 18.0. The molecule has 1 aliphatic rings. The van der Waals surface area contributed by atoms with Crippen LogP contribution in [0, 0.1) is 11.7 Å². The number of anilines is 1. The van der Waals surface area contributed by atoms with E-state index in [2.05, 4.69) is 36.5 Å². The SMILES string of the molecule is C[C@H](c1ccc(F)c2ccccc12)C(N)CCC1CNc2ccccc2C1. The molecule has 3 N–H and O–H groups in total. The predicted octanol–water partition coefficient (Wildman–Crippen LogP) is 5.47. The molecule has 4 rings (SSSR count). The van der Waals surface area contributed by atoms with Gasteiger partial charge in [-0.3, -0.25) is 0 Å². The van der Waals surface area contributed by atoms with Gasteiger partial charge < -0.3 is 11.1 Å². The summed E-state index contributed by atoms with van der Waals surface area (Å²) < 4.78 is 14.1. The Labute approximate surface area is 160 Å². The third-order valence-corrected chi connectivity index (χ3v) is 6.05. The molecule has 3 aromatic carbocycles. The van der Waals surface area contributed by atoms with Crippen molar-refractivity contribution in [3.63, 3.8) is 0 Å². The van der Waals surface area contributed by atoms with Crippen LogP contribution in [0.25, 0.3) is 10.8 Å². The highest BCUT2D eigenvalue weighted by Crippen LogP contribution is 2.32. The molecular formula is C24H27FN2. The van der Waals surface area contributed by atoms with Crippen molar-refractivity contribution in [2.45, 2.75) is 38.1 Å². The quantitative estimate of drug-likeness (QED) is 0.631. The molecule has 3 heteroatoms. The van der Waals surface area contributed by atoms with E-state index in [1.807, 2.05) is 30.3 Å². The first-order valence-corrected chi connectivity index (χ1v) is 9.88. The Bertz CT molecular complexity index is 937. The summed E-state index contributed by atoms with van der Waals surface area (Å²) >= 11 is 0. The molecule has 3 aromatic rings. The third kappa shape index (κ3) is 3.70. The summed E-state index contributed by atoms with van der Waals surface area (Å²) in [7, 11) is 0. The van der Waals surface area contributed by atoms with Crippen LogP contribution in [0.4, 0.5) is 10.1 Å². The molecule has 0 fully saturated rings. The average Bonchev–Trinajstić information content (AvgIpc) is 2.72. The monoisotopic (exact) mass is 362 g/mol. The number of halogens is 1. The minimum absolute atomic E-state index is 0.0658. The molecule has 2 nitrogen and oxygen atoms in total. The van der Waals surface area contributed by atoms with Crippen LogP contribution in [0.2, 0.25) is 0 Å². The van der Waals surface area contributed by atoms with Crippen LogP contribution in [0.1, 0.15) is 36.8 Å². The Balaban J connectivity index is 1.43. The van der Waals surface area contributed by atoms with Gasteiger partial charge in [0, 0.05) is 23.7 Å². The van der Waals surface area contributed by atoms with Crippen molar-refractivity contribution in [1.82, 2.24) is 0 Å². The van der Waals surface area contributed by atoms with Crippen molar-refractivity contribution < 1.29 is 4.39 Å². The molecule has 3 atom stereocenters. The molecule has 1 heterocycles. The number of hydrogen-bond donors (Lipinski definition) is 2. The van der Waals surface area contributed by atoms with Gasteiger partial charge in [0.05, 0.1) is 0 Å². The number of fused-ring (bicyclic) bond motifs is 2. The van der Waals surface area contributed by atoms with Gasteiger partial charge in [-0.15, -0.1) is 0 Å². The molecule has 0 aliphatic carbocycles. The van der Waals surface area contributed by atoms with E-state index in [-0.39, 0.29) is 17.8 Å². The maximum absolute atomic E-state index is 14.1. The number of para-hydroxylation sites is 1. The number of rotatable bonds is 5. The highest BCUT2D eigenvalue weighted by molar-refractivity contribution is 5.86. The lowest BCUT2D eigenvalue weighted by Gasteiger charge is -2.28. The van der Waals surface area contributed by atoms with Crippen LogP contribution in [-0.4, -0.2) is 12.6 Å². The van der Waals surface area contributed by atoms with Gasteiger partial charge in [-0.1, -0.05) is 55.5 Å². The molecule has 140 valence electrons. The minimum atomic E-state index is -0.165. The molecule has 2 unspecified atom stereocenters.